The van der Waals surface area contributed by atoms with Crippen molar-refractivity contribution in [2.24, 2.45) is 0 Å². The van der Waals surface area contributed by atoms with Gasteiger partial charge in [0.15, 0.2) is 0 Å². The molecule has 106 valence electrons. The summed E-state index contributed by atoms with van der Waals surface area (Å²) in [7, 11) is 2.99. The standard InChI is InChI=1S/C7H13NO3.C5H10O2/c1-10-7(11-2)3-4-8-5-6(7)9;1-5(2,3)7-4-6/h8H,3-5H2,1-2H3;4H,1-3H3. The molecule has 6 heteroatoms. The maximum atomic E-state index is 11.3. The molecule has 0 unspecified atom stereocenters. The predicted octanol–water partition coefficient (Wildman–Crippen LogP) is 0.496. The summed E-state index contributed by atoms with van der Waals surface area (Å²) in [6.45, 7) is 7.01. The molecule has 0 aromatic heterocycles. The van der Waals surface area contributed by atoms with E-state index in [0.717, 1.165) is 6.54 Å². The van der Waals surface area contributed by atoms with Crippen molar-refractivity contribution in [2.45, 2.75) is 38.6 Å². The van der Waals surface area contributed by atoms with E-state index >= 15 is 0 Å². The van der Waals surface area contributed by atoms with E-state index in [1.807, 2.05) is 20.8 Å². The lowest BCUT2D eigenvalue weighted by molar-refractivity contribution is -0.212. The van der Waals surface area contributed by atoms with Crippen LogP contribution >= 0.6 is 0 Å². The second-order valence-electron chi connectivity index (χ2n) is 4.84. The van der Waals surface area contributed by atoms with Gasteiger partial charge in [0.25, 0.3) is 6.47 Å². The zero-order valence-corrected chi connectivity index (χ0v) is 11.7. The third-order valence-corrected chi connectivity index (χ3v) is 2.40. The quantitative estimate of drug-likeness (QED) is 0.589. The second-order valence-corrected chi connectivity index (χ2v) is 4.84. The molecule has 0 amide bonds. The van der Waals surface area contributed by atoms with Crippen LogP contribution in [0.4, 0.5) is 0 Å². The Labute approximate surface area is 108 Å². The first kappa shape index (κ1) is 17.0. The average molecular weight is 261 g/mol. The number of ketones is 1. The summed E-state index contributed by atoms with van der Waals surface area (Å²) >= 11 is 0. The molecule has 1 aliphatic rings. The summed E-state index contributed by atoms with van der Waals surface area (Å²) in [4.78, 5) is 20.9. The van der Waals surface area contributed by atoms with Gasteiger partial charge in [-0.2, -0.15) is 0 Å². The third kappa shape index (κ3) is 5.57. The summed E-state index contributed by atoms with van der Waals surface area (Å²) in [5, 5.41) is 2.95. The van der Waals surface area contributed by atoms with Crippen LogP contribution in [0.25, 0.3) is 0 Å². The van der Waals surface area contributed by atoms with Crippen LogP contribution in [0.2, 0.25) is 0 Å². The highest BCUT2D eigenvalue weighted by atomic mass is 16.7. The lowest BCUT2D eigenvalue weighted by atomic mass is 10.0. The largest absolute Gasteiger partial charge is 0.462 e. The van der Waals surface area contributed by atoms with Gasteiger partial charge in [-0.15, -0.1) is 0 Å². The molecule has 0 saturated carbocycles. The Balaban J connectivity index is 0.000000360. The van der Waals surface area contributed by atoms with Crippen LogP contribution in [0, 0.1) is 0 Å². The Kier molecular flexibility index (Phi) is 7.05. The summed E-state index contributed by atoms with van der Waals surface area (Å²) in [5.74, 6) is -1.01. The van der Waals surface area contributed by atoms with Crippen LogP contribution in [0.1, 0.15) is 27.2 Å². The van der Waals surface area contributed by atoms with Crippen LogP contribution in [0.15, 0.2) is 0 Å². The van der Waals surface area contributed by atoms with Crippen molar-refractivity contribution in [1.82, 2.24) is 5.32 Å². The molecule has 0 aliphatic carbocycles. The molecule has 0 bridgehead atoms. The Morgan fingerprint density at radius 1 is 1.28 bits per heavy atom. The second kappa shape index (κ2) is 7.45. The topological polar surface area (TPSA) is 73.9 Å². The predicted molar refractivity (Wildman–Crippen MR) is 66.1 cm³/mol. The van der Waals surface area contributed by atoms with Gasteiger partial charge in [-0.25, -0.2) is 0 Å². The number of carbonyl (C=O) groups excluding carboxylic acids is 2. The van der Waals surface area contributed by atoms with E-state index in [2.05, 4.69) is 10.1 Å². The van der Waals surface area contributed by atoms with Gasteiger partial charge in [0.1, 0.15) is 5.60 Å². The molecule has 1 rings (SSSR count). The first-order chi connectivity index (χ1) is 8.31. The minimum atomic E-state index is -0.981. The zero-order valence-electron chi connectivity index (χ0n) is 11.7. The van der Waals surface area contributed by atoms with Crippen molar-refractivity contribution >= 4 is 12.3 Å². The molecule has 0 spiro atoms. The highest BCUT2D eigenvalue weighted by Crippen LogP contribution is 2.19. The molecule has 1 aliphatic heterocycles. The van der Waals surface area contributed by atoms with E-state index < -0.39 is 5.79 Å². The fraction of sp³-hybridized carbons (Fsp3) is 0.833. The molecular weight excluding hydrogens is 238 g/mol. The normalized spacial score (nSPS) is 18.6. The summed E-state index contributed by atoms with van der Waals surface area (Å²) < 4.78 is 14.6. The van der Waals surface area contributed by atoms with Gasteiger partial charge in [0, 0.05) is 27.2 Å². The van der Waals surface area contributed by atoms with Crippen LogP contribution in [0.3, 0.4) is 0 Å². The van der Waals surface area contributed by atoms with E-state index in [9.17, 15) is 9.59 Å². The first-order valence-electron chi connectivity index (χ1n) is 5.77. The van der Waals surface area contributed by atoms with Gasteiger partial charge < -0.3 is 19.5 Å². The van der Waals surface area contributed by atoms with Crippen LogP contribution in [-0.4, -0.2) is 51.0 Å². The Morgan fingerprint density at radius 3 is 2.06 bits per heavy atom. The Morgan fingerprint density at radius 2 is 1.83 bits per heavy atom. The zero-order chi connectivity index (χ0) is 14.2. The van der Waals surface area contributed by atoms with Gasteiger partial charge in [0.05, 0.1) is 6.54 Å². The van der Waals surface area contributed by atoms with Gasteiger partial charge in [-0.05, 0) is 20.8 Å². The minimum Gasteiger partial charge on any atom is -0.462 e. The average Bonchev–Trinajstić information content (AvgIpc) is 2.29. The fourth-order valence-corrected chi connectivity index (χ4v) is 1.39. The third-order valence-electron chi connectivity index (χ3n) is 2.40. The van der Waals surface area contributed by atoms with Gasteiger partial charge in [-0.1, -0.05) is 0 Å². The number of methoxy groups -OCH3 is 2. The summed E-state index contributed by atoms with van der Waals surface area (Å²) in [6.07, 6.45) is 0.582. The molecule has 1 N–H and O–H groups in total. The van der Waals surface area contributed by atoms with Gasteiger partial charge in [0.2, 0.25) is 11.6 Å². The van der Waals surface area contributed by atoms with Crippen LogP contribution in [-0.2, 0) is 23.8 Å². The SMILES string of the molecule is CC(C)(C)OC=O.COC1(OC)CCNCC1=O. The smallest absolute Gasteiger partial charge is 0.293 e. The number of nitrogens with one attached hydrogen (secondary N) is 1. The molecule has 1 saturated heterocycles. The van der Waals surface area contributed by atoms with Crippen molar-refractivity contribution in [3.63, 3.8) is 0 Å². The number of piperidine rings is 1. The van der Waals surface area contributed by atoms with Crippen LogP contribution < -0.4 is 5.32 Å². The summed E-state index contributed by atoms with van der Waals surface area (Å²) in [6, 6.07) is 0. The molecule has 0 aromatic carbocycles. The number of hydrogen-bond donors (Lipinski definition) is 1. The molecule has 0 radical (unpaired) electrons. The highest BCUT2D eigenvalue weighted by molar-refractivity contribution is 5.88. The first-order valence-corrected chi connectivity index (χ1v) is 5.77. The lowest BCUT2D eigenvalue weighted by Crippen LogP contribution is -2.53. The van der Waals surface area contributed by atoms with Gasteiger partial charge in [-0.3, -0.25) is 9.59 Å². The van der Waals surface area contributed by atoms with Crippen molar-refractivity contribution in [1.29, 1.82) is 0 Å². The van der Waals surface area contributed by atoms with E-state index in [1.165, 1.54) is 14.2 Å². The molecule has 6 nitrogen and oxygen atoms in total. The maximum absolute atomic E-state index is 11.3. The molecule has 1 heterocycles. The molecule has 0 atom stereocenters. The Hall–Kier alpha value is -0.980. The Bertz CT molecular complexity index is 268. The highest BCUT2D eigenvalue weighted by Gasteiger charge is 2.40. The van der Waals surface area contributed by atoms with Gasteiger partial charge >= 0.3 is 0 Å². The molecule has 1 fully saturated rings. The molecule has 18 heavy (non-hydrogen) atoms. The van der Waals surface area contributed by atoms with Crippen molar-refractivity contribution in [3.8, 4) is 0 Å². The van der Waals surface area contributed by atoms with Crippen molar-refractivity contribution in [2.75, 3.05) is 27.3 Å². The van der Waals surface area contributed by atoms with E-state index in [1.54, 1.807) is 0 Å². The number of ether oxygens (including phenoxy) is 3. The van der Waals surface area contributed by atoms with Crippen LogP contribution in [0.5, 0.6) is 0 Å². The van der Waals surface area contributed by atoms with E-state index in [0.29, 0.717) is 19.4 Å². The van der Waals surface area contributed by atoms with E-state index in [4.69, 9.17) is 9.47 Å². The van der Waals surface area contributed by atoms with Crippen molar-refractivity contribution in [3.05, 3.63) is 0 Å². The number of rotatable bonds is 3. The van der Waals surface area contributed by atoms with Crippen molar-refractivity contribution < 1.29 is 23.8 Å². The van der Waals surface area contributed by atoms with E-state index in [-0.39, 0.29) is 11.4 Å². The molecule has 0 aromatic rings. The number of carbonyl (C=O) groups is 2. The maximum Gasteiger partial charge on any atom is 0.293 e. The number of Topliss-reactive ketones (excluding diaryl/α,β-unsaturated/α-hetero) is 1. The minimum absolute atomic E-state index is 0.0336. The summed E-state index contributed by atoms with van der Waals surface area (Å²) in [5.41, 5.74) is -0.318. The fourth-order valence-electron chi connectivity index (χ4n) is 1.39. The molecular formula is C12H23NO5. The monoisotopic (exact) mass is 261 g/mol. The number of hydrogen-bond acceptors (Lipinski definition) is 6. The lowest BCUT2D eigenvalue weighted by Gasteiger charge is -2.32.